The van der Waals surface area contributed by atoms with Gasteiger partial charge >= 0.3 is 12.1 Å². The first-order valence-corrected chi connectivity index (χ1v) is 4.82. The number of benzene rings is 1. The molecule has 0 aromatic heterocycles. The Labute approximate surface area is 103 Å². The van der Waals surface area contributed by atoms with Gasteiger partial charge in [0.25, 0.3) is 0 Å². The Morgan fingerprint density at radius 3 is 2.22 bits per heavy atom. The molecule has 0 heterocycles. The number of hydrogen-bond donors (Lipinski definition) is 0. The molecular formula is C10H6ClF5O2. The number of ketones is 1. The van der Waals surface area contributed by atoms with Crippen molar-refractivity contribution >= 4 is 17.4 Å². The topological polar surface area (TPSA) is 26.3 Å². The highest BCUT2D eigenvalue weighted by Gasteiger charge is 2.63. The molecular weight excluding hydrogens is 283 g/mol. The van der Waals surface area contributed by atoms with Gasteiger partial charge in [0.1, 0.15) is 5.75 Å². The highest BCUT2D eigenvalue weighted by atomic mass is 35.5. The summed E-state index contributed by atoms with van der Waals surface area (Å²) >= 11 is 5.56. The lowest BCUT2D eigenvalue weighted by molar-refractivity contribution is -0.255. The van der Waals surface area contributed by atoms with Gasteiger partial charge in [-0.05, 0) is 18.2 Å². The van der Waals surface area contributed by atoms with Crippen LogP contribution in [-0.4, -0.2) is 25.0 Å². The Morgan fingerprint density at radius 1 is 1.22 bits per heavy atom. The number of ether oxygens (including phenoxy) is 1. The minimum absolute atomic E-state index is 0.00984. The first kappa shape index (κ1) is 14.7. The van der Waals surface area contributed by atoms with Crippen molar-refractivity contribution in [1.29, 1.82) is 0 Å². The van der Waals surface area contributed by atoms with Crippen LogP contribution in [0.4, 0.5) is 22.0 Å². The van der Waals surface area contributed by atoms with Gasteiger partial charge in [-0.3, -0.25) is 4.79 Å². The van der Waals surface area contributed by atoms with Crippen LogP contribution < -0.4 is 4.74 Å². The molecule has 0 bridgehead atoms. The number of carbonyl (C=O) groups is 1. The molecule has 0 unspecified atom stereocenters. The van der Waals surface area contributed by atoms with Gasteiger partial charge in [0.15, 0.2) is 0 Å². The van der Waals surface area contributed by atoms with Crippen molar-refractivity contribution < 1.29 is 31.5 Å². The van der Waals surface area contributed by atoms with E-state index in [1.807, 2.05) is 0 Å². The molecule has 0 atom stereocenters. The second kappa shape index (κ2) is 4.72. The smallest absolute Gasteiger partial charge is 0.461 e. The minimum Gasteiger partial charge on any atom is -0.495 e. The maximum atomic E-state index is 12.8. The molecule has 0 spiro atoms. The molecule has 18 heavy (non-hydrogen) atoms. The molecule has 1 rings (SSSR count). The Balaban J connectivity index is 3.20. The molecule has 0 aliphatic carbocycles. The number of methoxy groups -OCH3 is 1. The van der Waals surface area contributed by atoms with Crippen LogP contribution in [0.5, 0.6) is 5.75 Å². The summed E-state index contributed by atoms with van der Waals surface area (Å²) in [4.78, 5) is 11.1. The lowest BCUT2D eigenvalue weighted by atomic mass is 10.0. The largest absolute Gasteiger partial charge is 0.495 e. The van der Waals surface area contributed by atoms with E-state index in [0.29, 0.717) is 0 Å². The summed E-state index contributed by atoms with van der Waals surface area (Å²) in [5.74, 6) is -7.98. The second-order valence-corrected chi connectivity index (χ2v) is 3.66. The molecule has 0 saturated heterocycles. The van der Waals surface area contributed by atoms with Crippen LogP contribution in [0.15, 0.2) is 18.2 Å². The number of hydrogen-bond acceptors (Lipinski definition) is 2. The standard InChI is InChI=1S/C10H6ClF5O2/c1-18-7-4-5(2-3-6(7)11)8(17)9(12,13)10(14,15)16/h2-4H,1H3. The summed E-state index contributed by atoms with van der Waals surface area (Å²) in [6.45, 7) is 0. The zero-order chi connectivity index (χ0) is 14.1. The van der Waals surface area contributed by atoms with Crippen LogP contribution in [-0.2, 0) is 0 Å². The first-order chi connectivity index (χ1) is 8.11. The monoisotopic (exact) mass is 288 g/mol. The molecule has 1 aromatic carbocycles. The van der Waals surface area contributed by atoms with Crippen LogP contribution in [0.1, 0.15) is 10.4 Å². The fraction of sp³-hybridized carbons (Fsp3) is 0.300. The van der Waals surface area contributed by atoms with E-state index in [1.165, 1.54) is 0 Å². The quantitative estimate of drug-likeness (QED) is 0.626. The van der Waals surface area contributed by atoms with Crippen molar-refractivity contribution in [3.63, 3.8) is 0 Å². The molecule has 0 aliphatic heterocycles. The highest BCUT2D eigenvalue weighted by molar-refractivity contribution is 6.32. The van der Waals surface area contributed by atoms with Crippen LogP contribution in [0.25, 0.3) is 0 Å². The molecule has 0 N–H and O–H groups in total. The third kappa shape index (κ3) is 2.55. The van der Waals surface area contributed by atoms with Crippen LogP contribution in [0.3, 0.4) is 0 Å². The van der Waals surface area contributed by atoms with Gasteiger partial charge in [-0.25, -0.2) is 0 Å². The lowest BCUT2D eigenvalue weighted by Crippen LogP contribution is -2.44. The van der Waals surface area contributed by atoms with E-state index < -0.39 is 23.4 Å². The molecule has 1 aromatic rings. The predicted octanol–water partition coefficient (Wildman–Crippen LogP) is 3.73. The third-order valence-corrected chi connectivity index (χ3v) is 2.37. The van der Waals surface area contributed by atoms with E-state index in [1.54, 1.807) is 0 Å². The summed E-state index contributed by atoms with van der Waals surface area (Å²) in [6.07, 6.45) is -5.95. The fourth-order valence-corrected chi connectivity index (χ4v) is 1.31. The van der Waals surface area contributed by atoms with Crippen molar-refractivity contribution in [2.24, 2.45) is 0 Å². The molecule has 0 amide bonds. The number of Topliss-reactive ketones (excluding diaryl/α,β-unsaturated/α-hetero) is 1. The van der Waals surface area contributed by atoms with E-state index in [9.17, 15) is 26.7 Å². The van der Waals surface area contributed by atoms with Gasteiger partial charge in [0.05, 0.1) is 12.1 Å². The number of halogens is 6. The minimum atomic E-state index is -5.95. The maximum absolute atomic E-state index is 12.8. The molecule has 2 nitrogen and oxygen atoms in total. The number of alkyl halides is 5. The van der Waals surface area contributed by atoms with Crippen molar-refractivity contribution in [2.45, 2.75) is 12.1 Å². The number of rotatable bonds is 3. The van der Waals surface area contributed by atoms with Gasteiger partial charge in [-0.2, -0.15) is 22.0 Å². The molecule has 0 fully saturated rings. The Hall–Kier alpha value is -1.37. The number of carbonyl (C=O) groups excluding carboxylic acids is 1. The zero-order valence-corrected chi connectivity index (χ0v) is 9.57. The molecule has 0 aliphatic rings. The van der Waals surface area contributed by atoms with Gasteiger partial charge in [0.2, 0.25) is 5.78 Å². The van der Waals surface area contributed by atoms with Gasteiger partial charge in [-0.15, -0.1) is 0 Å². The predicted molar refractivity (Wildman–Crippen MR) is 53.3 cm³/mol. The fourth-order valence-electron chi connectivity index (χ4n) is 1.11. The summed E-state index contributed by atoms with van der Waals surface area (Å²) in [5, 5.41) is -0.00984. The van der Waals surface area contributed by atoms with E-state index in [2.05, 4.69) is 4.74 Å². The zero-order valence-electron chi connectivity index (χ0n) is 8.82. The van der Waals surface area contributed by atoms with Crippen molar-refractivity contribution in [3.8, 4) is 5.75 Å². The lowest BCUT2D eigenvalue weighted by Gasteiger charge is -2.18. The summed E-state index contributed by atoms with van der Waals surface area (Å²) < 4.78 is 66.2. The van der Waals surface area contributed by atoms with Gasteiger partial charge < -0.3 is 4.74 Å². The summed E-state index contributed by atoms with van der Waals surface area (Å²) in [5.41, 5.74) is -0.835. The van der Waals surface area contributed by atoms with Crippen LogP contribution in [0, 0.1) is 0 Å². The average molecular weight is 289 g/mol. The molecule has 100 valence electrons. The first-order valence-electron chi connectivity index (χ1n) is 4.44. The van der Waals surface area contributed by atoms with Crippen LogP contribution in [0.2, 0.25) is 5.02 Å². The van der Waals surface area contributed by atoms with Gasteiger partial charge in [-0.1, -0.05) is 11.6 Å². The normalized spacial score (nSPS) is 12.4. The SMILES string of the molecule is COc1cc(C(=O)C(F)(F)C(F)(F)F)ccc1Cl. The maximum Gasteiger partial charge on any atom is 0.461 e. The molecule has 8 heteroatoms. The third-order valence-electron chi connectivity index (χ3n) is 2.05. The molecule has 0 radical (unpaired) electrons. The Kier molecular flexibility index (Phi) is 3.85. The van der Waals surface area contributed by atoms with E-state index in [4.69, 9.17) is 11.6 Å². The Morgan fingerprint density at radius 2 is 1.78 bits per heavy atom. The summed E-state index contributed by atoms with van der Waals surface area (Å²) in [7, 11) is 1.14. The van der Waals surface area contributed by atoms with Gasteiger partial charge in [0, 0.05) is 5.56 Å². The van der Waals surface area contributed by atoms with E-state index in [-0.39, 0.29) is 10.8 Å². The second-order valence-electron chi connectivity index (χ2n) is 3.25. The van der Waals surface area contributed by atoms with Crippen LogP contribution >= 0.6 is 11.6 Å². The summed E-state index contributed by atoms with van der Waals surface area (Å²) in [6, 6.07) is 2.50. The highest BCUT2D eigenvalue weighted by Crippen LogP contribution is 2.38. The van der Waals surface area contributed by atoms with E-state index in [0.717, 1.165) is 25.3 Å². The Bertz CT molecular complexity index is 470. The van der Waals surface area contributed by atoms with E-state index >= 15 is 0 Å². The van der Waals surface area contributed by atoms with Crippen molar-refractivity contribution in [3.05, 3.63) is 28.8 Å². The molecule has 0 saturated carbocycles. The average Bonchev–Trinajstić information content (AvgIpc) is 2.27. The van der Waals surface area contributed by atoms with Crippen molar-refractivity contribution in [2.75, 3.05) is 7.11 Å². The van der Waals surface area contributed by atoms with Crippen molar-refractivity contribution in [1.82, 2.24) is 0 Å².